The number of para-hydroxylation sites is 1. The van der Waals surface area contributed by atoms with E-state index in [1.54, 1.807) is 11.0 Å². The van der Waals surface area contributed by atoms with Crippen LogP contribution >= 0.6 is 23.7 Å². The van der Waals surface area contributed by atoms with Crippen molar-refractivity contribution in [2.24, 2.45) is 0 Å². The highest BCUT2D eigenvalue weighted by Gasteiger charge is 2.22. The van der Waals surface area contributed by atoms with Gasteiger partial charge in [-0.1, -0.05) is 17.4 Å². The van der Waals surface area contributed by atoms with Gasteiger partial charge < -0.3 is 9.80 Å². The zero-order chi connectivity index (χ0) is 20.3. The van der Waals surface area contributed by atoms with E-state index in [0.717, 1.165) is 23.4 Å². The van der Waals surface area contributed by atoms with Gasteiger partial charge in [-0.15, -0.1) is 12.4 Å². The quantitative estimate of drug-likeness (QED) is 0.545. The number of thiazole rings is 1. The highest BCUT2D eigenvalue weighted by atomic mass is 35.5. The molecule has 0 saturated heterocycles. The fourth-order valence-electron chi connectivity index (χ4n) is 2.91. The molecule has 0 aliphatic rings. The molecule has 0 aliphatic carbocycles. The largest absolute Gasteiger partial charge is 0.378 e. The first kappa shape index (κ1) is 23.1. The third-order valence-corrected chi connectivity index (χ3v) is 5.50. The van der Waals surface area contributed by atoms with Crippen molar-refractivity contribution in [3.05, 3.63) is 53.8 Å². The van der Waals surface area contributed by atoms with Crippen molar-refractivity contribution in [3.8, 4) is 0 Å². The number of aromatic nitrogens is 1. The van der Waals surface area contributed by atoms with Crippen LogP contribution in [0.2, 0.25) is 0 Å². The number of anilines is 2. The Labute approximate surface area is 181 Å². The zero-order valence-electron chi connectivity index (χ0n) is 17.1. The molecule has 0 bridgehead atoms. The molecule has 8 heteroatoms. The van der Waals surface area contributed by atoms with E-state index < -0.39 is 0 Å². The Morgan fingerprint density at radius 2 is 1.72 bits per heavy atom. The lowest BCUT2D eigenvalue weighted by molar-refractivity contribution is 0.0986. The molecule has 1 aromatic heterocycles. The molecule has 5 nitrogen and oxygen atoms in total. The van der Waals surface area contributed by atoms with Crippen molar-refractivity contribution in [2.75, 3.05) is 51.1 Å². The molecule has 0 fully saturated rings. The van der Waals surface area contributed by atoms with Crippen molar-refractivity contribution in [2.45, 2.75) is 6.42 Å². The molecule has 156 valence electrons. The van der Waals surface area contributed by atoms with Gasteiger partial charge in [-0.3, -0.25) is 9.69 Å². The van der Waals surface area contributed by atoms with Crippen LogP contribution in [0.1, 0.15) is 16.8 Å². The van der Waals surface area contributed by atoms with E-state index in [1.807, 2.05) is 63.4 Å². The van der Waals surface area contributed by atoms with Gasteiger partial charge in [-0.05, 0) is 63.5 Å². The van der Waals surface area contributed by atoms with Crippen LogP contribution in [0.3, 0.4) is 0 Å². The van der Waals surface area contributed by atoms with Gasteiger partial charge in [-0.25, -0.2) is 9.37 Å². The fourth-order valence-corrected chi connectivity index (χ4v) is 3.91. The molecular weight excluding hydrogens is 411 g/mol. The summed E-state index contributed by atoms with van der Waals surface area (Å²) in [6, 6.07) is 12.4. The molecule has 0 aliphatic heterocycles. The lowest BCUT2D eigenvalue weighted by atomic mass is 10.1. The van der Waals surface area contributed by atoms with E-state index in [4.69, 9.17) is 0 Å². The summed E-state index contributed by atoms with van der Waals surface area (Å²) in [5.74, 6) is -0.487. The lowest BCUT2D eigenvalue weighted by Gasteiger charge is -2.21. The molecule has 0 N–H and O–H groups in total. The maximum absolute atomic E-state index is 14.1. The molecule has 1 amide bonds. The van der Waals surface area contributed by atoms with Crippen LogP contribution in [0.15, 0.2) is 42.5 Å². The third kappa shape index (κ3) is 5.44. The zero-order valence-corrected chi connectivity index (χ0v) is 18.7. The summed E-state index contributed by atoms with van der Waals surface area (Å²) in [6.07, 6.45) is 0.799. The summed E-state index contributed by atoms with van der Waals surface area (Å²) in [4.78, 5) is 23.4. The lowest BCUT2D eigenvalue weighted by Crippen LogP contribution is -2.33. The Morgan fingerprint density at radius 3 is 2.31 bits per heavy atom. The summed E-state index contributed by atoms with van der Waals surface area (Å²) < 4.78 is 14.8. The van der Waals surface area contributed by atoms with Gasteiger partial charge in [0, 0.05) is 31.9 Å². The predicted molar refractivity (Wildman–Crippen MR) is 122 cm³/mol. The van der Waals surface area contributed by atoms with Crippen molar-refractivity contribution in [1.29, 1.82) is 0 Å². The number of carbonyl (C=O) groups is 1. The van der Waals surface area contributed by atoms with E-state index >= 15 is 0 Å². The number of benzene rings is 2. The van der Waals surface area contributed by atoms with Gasteiger partial charge in [-0.2, -0.15) is 0 Å². The molecule has 0 spiro atoms. The molecular formula is C21H26ClFN4OS. The van der Waals surface area contributed by atoms with Crippen LogP contribution in [-0.2, 0) is 0 Å². The second-order valence-electron chi connectivity index (χ2n) is 7.14. The number of hydrogen-bond donors (Lipinski definition) is 0. The monoisotopic (exact) mass is 436 g/mol. The smallest absolute Gasteiger partial charge is 0.260 e. The van der Waals surface area contributed by atoms with E-state index in [2.05, 4.69) is 9.88 Å². The van der Waals surface area contributed by atoms with Crippen molar-refractivity contribution in [3.63, 3.8) is 0 Å². The topological polar surface area (TPSA) is 39.7 Å². The normalized spacial score (nSPS) is 10.8. The van der Waals surface area contributed by atoms with Crippen LogP contribution < -0.4 is 9.80 Å². The molecule has 2 aromatic carbocycles. The van der Waals surface area contributed by atoms with Gasteiger partial charge in [0.1, 0.15) is 11.3 Å². The third-order valence-electron chi connectivity index (χ3n) is 4.45. The van der Waals surface area contributed by atoms with Gasteiger partial charge in [0.25, 0.3) is 5.91 Å². The first-order valence-corrected chi connectivity index (χ1v) is 9.97. The molecule has 0 unspecified atom stereocenters. The minimum Gasteiger partial charge on any atom is -0.378 e. The van der Waals surface area contributed by atoms with Gasteiger partial charge in [0.15, 0.2) is 5.13 Å². The van der Waals surface area contributed by atoms with Crippen molar-refractivity contribution < 1.29 is 9.18 Å². The van der Waals surface area contributed by atoms with Crippen molar-refractivity contribution in [1.82, 2.24) is 9.88 Å². The molecule has 0 saturated carbocycles. The second kappa shape index (κ2) is 10.0. The highest BCUT2D eigenvalue weighted by Crippen LogP contribution is 2.31. The summed E-state index contributed by atoms with van der Waals surface area (Å²) >= 11 is 1.34. The molecule has 3 aromatic rings. The highest BCUT2D eigenvalue weighted by molar-refractivity contribution is 7.22. The Hall–Kier alpha value is -2.22. The van der Waals surface area contributed by atoms with Gasteiger partial charge in [0.05, 0.1) is 4.70 Å². The first-order chi connectivity index (χ1) is 13.4. The maximum atomic E-state index is 14.1. The summed E-state index contributed by atoms with van der Waals surface area (Å²) in [7, 11) is 7.92. The Kier molecular flexibility index (Phi) is 7.96. The Morgan fingerprint density at radius 1 is 1.03 bits per heavy atom. The minimum atomic E-state index is -0.365. The summed E-state index contributed by atoms with van der Waals surface area (Å²) in [5, 5.41) is 0.528. The summed E-state index contributed by atoms with van der Waals surface area (Å²) in [5.41, 5.74) is 1.93. The number of nitrogens with zero attached hydrogens (tertiary/aromatic N) is 4. The van der Waals surface area contributed by atoms with Crippen LogP contribution in [-0.4, -0.2) is 57.1 Å². The Balaban J connectivity index is 0.00000300. The Bertz CT molecular complexity index is 959. The number of amides is 1. The first-order valence-electron chi connectivity index (χ1n) is 9.16. The number of rotatable bonds is 7. The number of hydrogen-bond acceptors (Lipinski definition) is 5. The van der Waals surface area contributed by atoms with Gasteiger partial charge in [0.2, 0.25) is 0 Å². The standard InChI is InChI=1S/C21H25FN4OS.ClH/c1-24(2)13-6-14-26(20(27)15-9-11-16(12-10-15)25(3)4)21-23-19-17(22)7-5-8-18(19)28-21;/h5,7-12H,6,13-14H2,1-4H3;1H. The number of fused-ring (bicyclic) bond motifs is 1. The van der Waals surface area contributed by atoms with E-state index in [0.29, 0.717) is 22.8 Å². The number of halogens is 2. The maximum Gasteiger partial charge on any atom is 0.260 e. The molecule has 0 atom stereocenters. The fraction of sp³-hybridized carbons (Fsp3) is 0.333. The van der Waals surface area contributed by atoms with E-state index in [1.165, 1.54) is 17.4 Å². The predicted octanol–water partition coefficient (Wildman–Crippen LogP) is 4.52. The van der Waals surface area contributed by atoms with Crippen molar-refractivity contribution >= 4 is 50.7 Å². The average molecular weight is 437 g/mol. The summed E-state index contributed by atoms with van der Waals surface area (Å²) in [6.45, 7) is 1.37. The second-order valence-corrected chi connectivity index (χ2v) is 8.15. The van der Waals surface area contributed by atoms with Crippen LogP contribution in [0, 0.1) is 5.82 Å². The number of carbonyl (C=O) groups excluding carboxylic acids is 1. The van der Waals surface area contributed by atoms with Crippen LogP contribution in [0.5, 0.6) is 0 Å². The molecule has 29 heavy (non-hydrogen) atoms. The molecule has 0 radical (unpaired) electrons. The SMILES string of the molecule is CN(C)CCCN(C(=O)c1ccc(N(C)C)cc1)c1nc2c(F)cccc2s1.Cl. The van der Waals surface area contributed by atoms with E-state index in [-0.39, 0.29) is 24.1 Å². The van der Waals surface area contributed by atoms with Gasteiger partial charge >= 0.3 is 0 Å². The average Bonchev–Trinajstić information content (AvgIpc) is 3.10. The van der Waals surface area contributed by atoms with Crippen LogP contribution in [0.4, 0.5) is 15.2 Å². The molecule has 3 rings (SSSR count). The minimum absolute atomic E-state index is 0. The van der Waals surface area contributed by atoms with E-state index in [9.17, 15) is 9.18 Å². The molecule has 1 heterocycles. The van der Waals surface area contributed by atoms with Crippen LogP contribution in [0.25, 0.3) is 10.2 Å².